The second-order valence-electron chi connectivity index (χ2n) is 4.13. The Bertz CT molecular complexity index is 537. The van der Waals surface area contributed by atoms with Gasteiger partial charge in [0.05, 0.1) is 5.56 Å². The van der Waals surface area contributed by atoms with E-state index in [1.165, 1.54) is 0 Å². The zero-order valence-electron chi connectivity index (χ0n) is 10.4. The fourth-order valence-corrected chi connectivity index (χ4v) is 2.09. The van der Waals surface area contributed by atoms with Crippen LogP contribution in [0.15, 0.2) is 35.1 Å². The summed E-state index contributed by atoms with van der Waals surface area (Å²) in [6.07, 6.45) is 1.94. The topological polar surface area (TPSA) is 37.8 Å². The molecule has 0 aliphatic rings. The van der Waals surface area contributed by atoms with Gasteiger partial charge in [-0.05, 0) is 18.9 Å². The van der Waals surface area contributed by atoms with Gasteiger partial charge in [0.2, 0.25) is 0 Å². The molecule has 0 aliphatic heterocycles. The van der Waals surface area contributed by atoms with E-state index in [1.54, 1.807) is 4.68 Å². The Hall–Kier alpha value is -1.77. The maximum Gasteiger partial charge on any atom is 0.274 e. The molecule has 1 aromatic carbocycles. The van der Waals surface area contributed by atoms with E-state index in [-0.39, 0.29) is 5.56 Å². The van der Waals surface area contributed by atoms with Crippen molar-refractivity contribution >= 4 is 0 Å². The summed E-state index contributed by atoms with van der Waals surface area (Å²) in [5.41, 5.74) is 2.96. The maximum atomic E-state index is 12.2. The Morgan fingerprint density at radius 1 is 1.18 bits per heavy atom. The van der Waals surface area contributed by atoms with Gasteiger partial charge in [-0.3, -0.25) is 14.6 Å². The van der Waals surface area contributed by atoms with Crippen LogP contribution in [0.1, 0.15) is 26.0 Å². The molecular weight excluding hydrogens is 212 g/mol. The summed E-state index contributed by atoms with van der Waals surface area (Å²) in [5.74, 6) is 0. The summed E-state index contributed by atoms with van der Waals surface area (Å²) in [4.78, 5) is 12.2. The van der Waals surface area contributed by atoms with Crippen LogP contribution in [-0.2, 0) is 13.0 Å². The highest BCUT2D eigenvalue weighted by atomic mass is 16.1. The third-order valence-electron chi connectivity index (χ3n) is 2.91. The van der Waals surface area contributed by atoms with E-state index in [0.717, 1.165) is 29.7 Å². The number of aromatic nitrogens is 2. The van der Waals surface area contributed by atoms with Gasteiger partial charge in [-0.2, -0.15) is 0 Å². The standard InChI is InChI=1S/C14H18N2O/c1-3-8-12-13(11-9-6-5-7-10-11)14(17)16(4-2)15-12/h5-7,9-10,15H,3-4,8H2,1-2H3. The fourth-order valence-electron chi connectivity index (χ4n) is 2.09. The molecular formula is C14H18N2O. The predicted molar refractivity (Wildman–Crippen MR) is 70.2 cm³/mol. The minimum atomic E-state index is 0.0853. The molecule has 0 bridgehead atoms. The quantitative estimate of drug-likeness (QED) is 0.861. The Balaban J connectivity index is 2.59. The van der Waals surface area contributed by atoms with Crippen LogP contribution < -0.4 is 5.56 Å². The van der Waals surface area contributed by atoms with E-state index < -0.39 is 0 Å². The highest BCUT2D eigenvalue weighted by Crippen LogP contribution is 2.19. The van der Waals surface area contributed by atoms with Gasteiger partial charge in [0, 0.05) is 12.2 Å². The van der Waals surface area contributed by atoms with Gasteiger partial charge in [-0.1, -0.05) is 43.7 Å². The first-order valence-electron chi connectivity index (χ1n) is 6.15. The second-order valence-corrected chi connectivity index (χ2v) is 4.13. The Morgan fingerprint density at radius 2 is 1.88 bits per heavy atom. The summed E-state index contributed by atoms with van der Waals surface area (Å²) in [6, 6.07) is 9.88. The highest BCUT2D eigenvalue weighted by molar-refractivity contribution is 5.65. The number of rotatable bonds is 4. The minimum absolute atomic E-state index is 0.0853. The molecule has 2 rings (SSSR count). The van der Waals surface area contributed by atoms with Gasteiger partial charge in [-0.25, -0.2) is 0 Å². The molecule has 0 unspecified atom stereocenters. The van der Waals surface area contributed by atoms with Gasteiger partial charge < -0.3 is 0 Å². The molecule has 3 nitrogen and oxygen atoms in total. The van der Waals surface area contributed by atoms with Crippen molar-refractivity contribution in [3.63, 3.8) is 0 Å². The Labute approximate surface area is 101 Å². The Morgan fingerprint density at radius 3 is 2.47 bits per heavy atom. The average Bonchev–Trinajstić information content (AvgIpc) is 2.67. The minimum Gasteiger partial charge on any atom is -0.299 e. The number of H-pyrrole nitrogens is 1. The summed E-state index contributed by atoms with van der Waals surface area (Å²) < 4.78 is 1.67. The third kappa shape index (κ3) is 2.18. The first kappa shape index (κ1) is 11.7. The lowest BCUT2D eigenvalue weighted by molar-refractivity contribution is 0.625. The largest absolute Gasteiger partial charge is 0.299 e. The number of nitrogens with one attached hydrogen (secondary N) is 1. The lowest BCUT2D eigenvalue weighted by atomic mass is 10.0. The van der Waals surface area contributed by atoms with E-state index in [1.807, 2.05) is 37.3 Å². The van der Waals surface area contributed by atoms with Crippen LogP contribution in [0.2, 0.25) is 0 Å². The van der Waals surface area contributed by atoms with Crippen molar-refractivity contribution in [2.75, 3.05) is 0 Å². The van der Waals surface area contributed by atoms with Gasteiger partial charge in [0.25, 0.3) is 5.56 Å². The van der Waals surface area contributed by atoms with Crippen LogP contribution in [0, 0.1) is 0 Å². The molecule has 17 heavy (non-hydrogen) atoms. The van der Waals surface area contributed by atoms with E-state index in [2.05, 4.69) is 12.0 Å². The molecule has 90 valence electrons. The first-order valence-corrected chi connectivity index (χ1v) is 6.15. The van der Waals surface area contributed by atoms with Crippen molar-refractivity contribution in [1.29, 1.82) is 0 Å². The van der Waals surface area contributed by atoms with Crippen LogP contribution in [0.5, 0.6) is 0 Å². The van der Waals surface area contributed by atoms with Crippen molar-refractivity contribution in [3.8, 4) is 11.1 Å². The Kier molecular flexibility index (Phi) is 3.47. The summed E-state index contributed by atoms with van der Waals surface area (Å²) in [5, 5.41) is 3.20. The molecule has 0 saturated carbocycles. The van der Waals surface area contributed by atoms with E-state index >= 15 is 0 Å². The third-order valence-corrected chi connectivity index (χ3v) is 2.91. The van der Waals surface area contributed by atoms with Crippen LogP contribution in [0.4, 0.5) is 0 Å². The van der Waals surface area contributed by atoms with Crippen LogP contribution in [0.25, 0.3) is 11.1 Å². The van der Waals surface area contributed by atoms with Crippen molar-refractivity contribution in [1.82, 2.24) is 9.78 Å². The van der Waals surface area contributed by atoms with Crippen molar-refractivity contribution < 1.29 is 0 Å². The number of benzene rings is 1. The number of aromatic amines is 1. The molecule has 2 aromatic rings. The van der Waals surface area contributed by atoms with Crippen LogP contribution in [0.3, 0.4) is 0 Å². The van der Waals surface area contributed by atoms with E-state index in [9.17, 15) is 4.79 Å². The number of aryl methyl sites for hydroxylation is 2. The molecule has 1 N–H and O–H groups in total. The zero-order chi connectivity index (χ0) is 12.3. The SMILES string of the molecule is CCCc1[nH]n(CC)c(=O)c1-c1ccccc1. The van der Waals surface area contributed by atoms with Gasteiger partial charge >= 0.3 is 0 Å². The molecule has 0 amide bonds. The zero-order valence-corrected chi connectivity index (χ0v) is 10.4. The summed E-state index contributed by atoms with van der Waals surface area (Å²) in [6.45, 7) is 4.78. The number of hydrogen-bond donors (Lipinski definition) is 1. The van der Waals surface area contributed by atoms with Gasteiger partial charge in [0.1, 0.15) is 0 Å². The molecule has 1 heterocycles. The number of hydrogen-bond acceptors (Lipinski definition) is 1. The monoisotopic (exact) mass is 230 g/mol. The maximum absolute atomic E-state index is 12.2. The lowest BCUT2D eigenvalue weighted by Gasteiger charge is -2.00. The first-order chi connectivity index (χ1) is 8.27. The van der Waals surface area contributed by atoms with Gasteiger partial charge in [0.15, 0.2) is 0 Å². The summed E-state index contributed by atoms with van der Waals surface area (Å²) >= 11 is 0. The number of nitrogens with zero attached hydrogens (tertiary/aromatic N) is 1. The highest BCUT2D eigenvalue weighted by Gasteiger charge is 2.13. The molecule has 0 aliphatic carbocycles. The molecule has 0 spiro atoms. The fraction of sp³-hybridized carbons (Fsp3) is 0.357. The normalized spacial score (nSPS) is 10.7. The van der Waals surface area contributed by atoms with Gasteiger partial charge in [-0.15, -0.1) is 0 Å². The van der Waals surface area contributed by atoms with E-state index in [0.29, 0.717) is 6.54 Å². The molecule has 0 radical (unpaired) electrons. The predicted octanol–water partition coefficient (Wildman–Crippen LogP) is 2.82. The van der Waals surface area contributed by atoms with Crippen molar-refractivity contribution in [2.45, 2.75) is 33.2 Å². The van der Waals surface area contributed by atoms with Crippen LogP contribution in [-0.4, -0.2) is 9.78 Å². The smallest absolute Gasteiger partial charge is 0.274 e. The molecule has 0 fully saturated rings. The van der Waals surface area contributed by atoms with E-state index in [4.69, 9.17) is 0 Å². The second kappa shape index (κ2) is 5.04. The summed E-state index contributed by atoms with van der Waals surface area (Å²) in [7, 11) is 0. The molecule has 0 saturated heterocycles. The van der Waals surface area contributed by atoms with Crippen molar-refractivity contribution in [2.24, 2.45) is 0 Å². The van der Waals surface area contributed by atoms with Crippen molar-refractivity contribution in [3.05, 3.63) is 46.4 Å². The molecule has 0 atom stereocenters. The molecule has 3 heteroatoms. The lowest BCUT2D eigenvalue weighted by Crippen LogP contribution is -2.16. The average molecular weight is 230 g/mol. The van der Waals surface area contributed by atoms with Crippen LogP contribution >= 0.6 is 0 Å². The molecule has 1 aromatic heterocycles.